The molecule has 0 aromatic heterocycles. The molecular formula is C16H13ClO2S2. The fourth-order valence-corrected chi connectivity index (χ4v) is 4.98. The lowest BCUT2D eigenvalue weighted by molar-refractivity contribution is 0.0697. The average Bonchev–Trinajstić information content (AvgIpc) is 2.89. The predicted octanol–water partition coefficient (Wildman–Crippen LogP) is 5.02. The summed E-state index contributed by atoms with van der Waals surface area (Å²) in [5.41, 5.74) is 1.57. The number of carboxylic acid groups (broad SMARTS) is 1. The second-order valence-corrected chi connectivity index (χ2v) is 7.37. The van der Waals surface area contributed by atoms with Crippen LogP contribution in [-0.4, -0.2) is 22.6 Å². The molecule has 1 aliphatic heterocycles. The number of carbonyl (C=O) groups is 1. The van der Waals surface area contributed by atoms with Crippen molar-refractivity contribution in [3.8, 4) is 0 Å². The van der Waals surface area contributed by atoms with Gasteiger partial charge in [0.05, 0.1) is 10.6 Å². The molecule has 0 fully saturated rings. The predicted molar refractivity (Wildman–Crippen MR) is 89.0 cm³/mol. The van der Waals surface area contributed by atoms with Gasteiger partial charge in [-0.05, 0) is 29.8 Å². The van der Waals surface area contributed by atoms with Crippen molar-refractivity contribution in [1.82, 2.24) is 0 Å². The molecule has 21 heavy (non-hydrogen) atoms. The number of carboxylic acids is 1. The summed E-state index contributed by atoms with van der Waals surface area (Å²) in [5.74, 6) is 1.57. The Morgan fingerprint density at radius 2 is 2.14 bits per heavy atom. The number of rotatable bonds is 4. The zero-order chi connectivity index (χ0) is 14.8. The van der Waals surface area contributed by atoms with Crippen molar-refractivity contribution in [3.05, 3.63) is 58.6 Å². The third-order valence-electron chi connectivity index (χ3n) is 3.42. The molecule has 5 heteroatoms. The molecule has 1 atom stereocenters. The fourth-order valence-electron chi connectivity index (χ4n) is 2.32. The van der Waals surface area contributed by atoms with Crippen molar-refractivity contribution in [2.75, 3.05) is 11.5 Å². The summed E-state index contributed by atoms with van der Waals surface area (Å²) >= 11 is 9.47. The Kier molecular flexibility index (Phi) is 4.48. The third kappa shape index (κ3) is 3.23. The SMILES string of the molecule is O=C(O)c1cc(SCC2CSc3ccccc32)ccc1Cl. The number of halogens is 1. The van der Waals surface area contributed by atoms with E-state index in [-0.39, 0.29) is 10.6 Å². The van der Waals surface area contributed by atoms with Gasteiger partial charge in [-0.15, -0.1) is 23.5 Å². The first-order chi connectivity index (χ1) is 10.1. The average molecular weight is 337 g/mol. The van der Waals surface area contributed by atoms with Gasteiger partial charge in [0.2, 0.25) is 0 Å². The number of hydrogen-bond donors (Lipinski definition) is 1. The molecule has 0 saturated carbocycles. The first-order valence-electron chi connectivity index (χ1n) is 6.52. The minimum atomic E-state index is -0.982. The van der Waals surface area contributed by atoms with Gasteiger partial charge < -0.3 is 5.11 Å². The zero-order valence-electron chi connectivity index (χ0n) is 11.1. The Morgan fingerprint density at radius 1 is 1.33 bits per heavy atom. The van der Waals surface area contributed by atoms with Gasteiger partial charge >= 0.3 is 5.97 Å². The maximum Gasteiger partial charge on any atom is 0.337 e. The van der Waals surface area contributed by atoms with Crippen LogP contribution < -0.4 is 0 Å². The molecule has 0 saturated heterocycles. The van der Waals surface area contributed by atoms with E-state index >= 15 is 0 Å². The van der Waals surface area contributed by atoms with E-state index < -0.39 is 5.97 Å². The standard InChI is InChI=1S/C16H13ClO2S2/c17-14-6-5-11(7-13(14)16(18)19)20-8-10-9-21-15-4-2-1-3-12(10)15/h1-7,10H,8-9H2,(H,18,19). The molecule has 2 aromatic carbocycles. The van der Waals surface area contributed by atoms with Gasteiger partial charge in [0.15, 0.2) is 0 Å². The van der Waals surface area contributed by atoms with Gasteiger partial charge in [0.25, 0.3) is 0 Å². The van der Waals surface area contributed by atoms with Crippen LogP contribution in [0.1, 0.15) is 21.8 Å². The summed E-state index contributed by atoms with van der Waals surface area (Å²) in [5, 5.41) is 9.39. The van der Waals surface area contributed by atoms with Crippen molar-refractivity contribution in [1.29, 1.82) is 0 Å². The molecular weight excluding hydrogens is 324 g/mol. The lowest BCUT2D eigenvalue weighted by atomic mass is 10.0. The molecule has 2 nitrogen and oxygen atoms in total. The largest absolute Gasteiger partial charge is 0.478 e. The highest BCUT2D eigenvalue weighted by molar-refractivity contribution is 8.00. The quantitative estimate of drug-likeness (QED) is 0.795. The molecule has 0 aliphatic carbocycles. The maximum atomic E-state index is 11.1. The summed E-state index contributed by atoms with van der Waals surface area (Å²) in [6.45, 7) is 0. The first-order valence-corrected chi connectivity index (χ1v) is 8.87. The summed E-state index contributed by atoms with van der Waals surface area (Å²) in [7, 11) is 0. The molecule has 3 rings (SSSR count). The molecule has 0 spiro atoms. The highest BCUT2D eigenvalue weighted by atomic mass is 35.5. The van der Waals surface area contributed by atoms with E-state index in [0.29, 0.717) is 5.92 Å². The molecule has 2 aromatic rings. The molecule has 108 valence electrons. The molecule has 0 radical (unpaired) electrons. The van der Waals surface area contributed by atoms with E-state index in [4.69, 9.17) is 16.7 Å². The Labute approximate surface area is 136 Å². The Hall–Kier alpha value is -1.10. The van der Waals surface area contributed by atoms with Crippen LogP contribution in [0.5, 0.6) is 0 Å². The van der Waals surface area contributed by atoms with Gasteiger partial charge in [-0.1, -0.05) is 29.8 Å². The van der Waals surface area contributed by atoms with Gasteiger partial charge in [0, 0.05) is 27.2 Å². The van der Waals surface area contributed by atoms with Crippen LogP contribution >= 0.6 is 35.1 Å². The monoisotopic (exact) mass is 336 g/mol. The van der Waals surface area contributed by atoms with Gasteiger partial charge in [0.1, 0.15) is 0 Å². The van der Waals surface area contributed by atoms with Crippen LogP contribution in [0.4, 0.5) is 0 Å². The number of benzene rings is 2. The van der Waals surface area contributed by atoms with E-state index in [1.54, 1.807) is 23.9 Å². The number of hydrogen-bond acceptors (Lipinski definition) is 3. The van der Waals surface area contributed by atoms with Gasteiger partial charge in [-0.2, -0.15) is 0 Å². The third-order valence-corrected chi connectivity index (χ3v) is 6.16. The topological polar surface area (TPSA) is 37.3 Å². The minimum Gasteiger partial charge on any atom is -0.478 e. The first kappa shape index (κ1) is 14.8. The number of fused-ring (bicyclic) bond motifs is 1. The van der Waals surface area contributed by atoms with Crippen LogP contribution in [0, 0.1) is 0 Å². The second kappa shape index (κ2) is 6.34. The van der Waals surface area contributed by atoms with Crippen LogP contribution in [0.25, 0.3) is 0 Å². The van der Waals surface area contributed by atoms with Crippen LogP contribution in [-0.2, 0) is 0 Å². The molecule has 1 N–H and O–H groups in total. The normalized spacial score (nSPS) is 16.7. The highest BCUT2D eigenvalue weighted by Gasteiger charge is 2.22. The smallest absolute Gasteiger partial charge is 0.337 e. The second-order valence-electron chi connectivity index (χ2n) is 4.80. The van der Waals surface area contributed by atoms with Crippen molar-refractivity contribution >= 4 is 41.1 Å². The number of thioether (sulfide) groups is 2. The zero-order valence-corrected chi connectivity index (χ0v) is 13.5. The molecule has 1 unspecified atom stereocenters. The molecule has 1 aliphatic rings. The highest BCUT2D eigenvalue weighted by Crippen LogP contribution is 2.41. The van der Waals surface area contributed by atoms with E-state index in [0.717, 1.165) is 16.4 Å². The van der Waals surface area contributed by atoms with Crippen molar-refractivity contribution < 1.29 is 9.90 Å². The Bertz CT molecular complexity index is 688. The summed E-state index contributed by atoms with van der Waals surface area (Å²) in [4.78, 5) is 13.4. The number of aromatic carboxylic acids is 1. The Balaban J connectivity index is 1.72. The van der Waals surface area contributed by atoms with E-state index in [1.807, 2.05) is 17.8 Å². The lowest BCUT2D eigenvalue weighted by Gasteiger charge is -2.11. The van der Waals surface area contributed by atoms with Crippen LogP contribution in [0.3, 0.4) is 0 Å². The van der Waals surface area contributed by atoms with E-state index in [1.165, 1.54) is 10.5 Å². The minimum absolute atomic E-state index is 0.169. The molecule has 0 bridgehead atoms. The van der Waals surface area contributed by atoms with Gasteiger partial charge in [-0.25, -0.2) is 4.79 Å². The fraction of sp³-hybridized carbons (Fsp3) is 0.188. The Morgan fingerprint density at radius 3 is 2.95 bits per heavy atom. The summed E-state index contributed by atoms with van der Waals surface area (Å²) < 4.78 is 0. The van der Waals surface area contributed by atoms with Crippen LogP contribution in [0.15, 0.2) is 52.3 Å². The molecule has 0 amide bonds. The van der Waals surface area contributed by atoms with Crippen molar-refractivity contribution in [3.63, 3.8) is 0 Å². The van der Waals surface area contributed by atoms with Gasteiger partial charge in [-0.3, -0.25) is 0 Å². The van der Waals surface area contributed by atoms with Crippen molar-refractivity contribution in [2.45, 2.75) is 15.7 Å². The summed E-state index contributed by atoms with van der Waals surface area (Å²) in [6, 6.07) is 13.7. The maximum absolute atomic E-state index is 11.1. The van der Waals surface area contributed by atoms with Crippen molar-refractivity contribution in [2.24, 2.45) is 0 Å². The van der Waals surface area contributed by atoms with Crippen LogP contribution in [0.2, 0.25) is 5.02 Å². The molecule has 1 heterocycles. The van der Waals surface area contributed by atoms with E-state index in [9.17, 15) is 4.79 Å². The van der Waals surface area contributed by atoms with E-state index in [2.05, 4.69) is 24.3 Å². The summed E-state index contributed by atoms with van der Waals surface area (Å²) in [6.07, 6.45) is 0. The lowest BCUT2D eigenvalue weighted by Crippen LogP contribution is -2.01.